The Morgan fingerprint density at radius 2 is 1.13 bits per heavy atom. The molecule has 0 aliphatic heterocycles. The predicted molar refractivity (Wildman–Crippen MR) is 58.2 cm³/mol. The Morgan fingerprint density at radius 3 is 1.20 bits per heavy atom. The molecule has 0 aliphatic carbocycles. The van der Waals surface area contributed by atoms with Crippen molar-refractivity contribution in [1.82, 2.24) is 9.97 Å². The third-order valence-corrected chi connectivity index (χ3v) is 1.78. The van der Waals surface area contributed by atoms with E-state index in [0.717, 1.165) is 11.4 Å². The monoisotopic (exact) mass is 290 g/mol. The smallest absolute Gasteiger partial charge is 0.456 e. The summed E-state index contributed by atoms with van der Waals surface area (Å²) in [4.78, 5) is 6.17. The Balaban J connectivity index is 0.000000245. The molecule has 0 bridgehead atoms. The number of aromatic nitrogens is 2. The molecule has 2 aromatic rings. The van der Waals surface area contributed by atoms with Crippen LogP contribution in [0.15, 0.2) is 12.1 Å². The van der Waals surface area contributed by atoms with Gasteiger partial charge >= 0.3 is 19.5 Å². The van der Waals surface area contributed by atoms with Crippen LogP contribution in [0.2, 0.25) is 0 Å². The number of aromatic amines is 2. The van der Waals surface area contributed by atoms with Gasteiger partial charge in [-0.3, -0.25) is 0 Å². The average Bonchev–Trinajstić information content (AvgIpc) is 2.63. The first kappa shape index (κ1) is 14.2. The van der Waals surface area contributed by atoms with Crippen molar-refractivity contribution in [3.63, 3.8) is 0 Å². The maximum Gasteiger partial charge on any atom is 2.00 e. The zero-order valence-electron chi connectivity index (χ0n) is 9.51. The standard InChI is InChI=1S/2C6H8N.Ru/c2*1-5-3-4-6(2)7-5;/h2*3,7H,1-2H3;/q2*-1;+2. The van der Waals surface area contributed by atoms with Gasteiger partial charge in [-0.05, 0) is 13.8 Å². The molecule has 0 aromatic carbocycles. The molecule has 0 amide bonds. The van der Waals surface area contributed by atoms with Gasteiger partial charge < -0.3 is 9.97 Å². The van der Waals surface area contributed by atoms with Crippen LogP contribution in [-0.2, 0) is 19.5 Å². The van der Waals surface area contributed by atoms with E-state index in [1.165, 1.54) is 11.4 Å². The Bertz CT molecular complexity index is 316. The molecule has 2 heterocycles. The molecular weight excluding hydrogens is 273 g/mol. The van der Waals surface area contributed by atoms with Crippen molar-refractivity contribution >= 4 is 0 Å². The quantitative estimate of drug-likeness (QED) is 0.552. The van der Waals surface area contributed by atoms with Crippen molar-refractivity contribution in [1.29, 1.82) is 0 Å². The van der Waals surface area contributed by atoms with Crippen LogP contribution in [-0.4, -0.2) is 9.97 Å². The molecule has 0 atom stereocenters. The molecule has 82 valence electrons. The average molecular weight is 289 g/mol. The molecule has 0 unspecified atom stereocenters. The number of nitrogens with one attached hydrogen (secondary N) is 2. The second kappa shape index (κ2) is 6.63. The van der Waals surface area contributed by atoms with Gasteiger partial charge in [-0.2, -0.15) is 0 Å². The largest absolute Gasteiger partial charge is 2.00 e. The van der Waals surface area contributed by atoms with Gasteiger partial charge in [0, 0.05) is 0 Å². The van der Waals surface area contributed by atoms with E-state index in [-0.39, 0.29) is 19.5 Å². The third kappa shape index (κ3) is 5.58. The van der Waals surface area contributed by atoms with E-state index in [1.807, 2.05) is 39.8 Å². The van der Waals surface area contributed by atoms with E-state index in [4.69, 9.17) is 0 Å². The molecule has 2 nitrogen and oxygen atoms in total. The normalized spacial score (nSPS) is 8.80. The van der Waals surface area contributed by atoms with E-state index < -0.39 is 0 Å². The van der Waals surface area contributed by atoms with Crippen LogP contribution >= 0.6 is 0 Å². The Labute approximate surface area is 104 Å². The van der Waals surface area contributed by atoms with Gasteiger partial charge in [-0.25, -0.2) is 24.3 Å². The zero-order valence-corrected chi connectivity index (χ0v) is 11.2. The van der Waals surface area contributed by atoms with Crippen molar-refractivity contribution in [3.05, 3.63) is 47.0 Å². The Kier molecular flexibility index (Phi) is 6.27. The van der Waals surface area contributed by atoms with Crippen molar-refractivity contribution in [2.45, 2.75) is 27.7 Å². The number of H-pyrrole nitrogens is 2. The fourth-order valence-electron chi connectivity index (χ4n) is 1.17. The maximum absolute atomic E-state index is 3.08. The predicted octanol–water partition coefficient (Wildman–Crippen LogP) is 2.86. The van der Waals surface area contributed by atoms with E-state index in [0.29, 0.717) is 0 Å². The van der Waals surface area contributed by atoms with Crippen LogP contribution in [0.5, 0.6) is 0 Å². The fourth-order valence-corrected chi connectivity index (χ4v) is 1.17. The molecule has 2 N–H and O–H groups in total. The molecule has 2 rings (SSSR count). The van der Waals surface area contributed by atoms with Gasteiger partial charge in [-0.1, -0.05) is 25.2 Å². The van der Waals surface area contributed by atoms with Gasteiger partial charge in [0.05, 0.1) is 0 Å². The molecule has 0 spiro atoms. The summed E-state index contributed by atoms with van der Waals surface area (Å²) < 4.78 is 0. The van der Waals surface area contributed by atoms with Crippen molar-refractivity contribution in [2.24, 2.45) is 0 Å². The summed E-state index contributed by atoms with van der Waals surface area (Å²) in [6, 6.07) is 9.91. The summed E-state index contributed by atoms with van der Waals surface area (Å²) in [5.41, 5.74) is 4.57. The van der Waals surface area contributed by atoms with Gasteiger partial charge in [-0.15, -0.1) is 11.4 Å². The first-order valence-corrected chi connectivity index (χ1v) is 4.65. The number of hydrogen-bond donors (Lipinski definition) is 2. The van der Waals surface area contributed by atoms with Gasteiger partial charge in [0.15, 0.2) is 0 Å². The molecule has 0 saturated heterocycles. The minimum absolute atomic E-state index is 0. The van der Waals surface area contributed by atoms with E-state index in [1.54, 1.807) is 0 Å². The van der Waals surface area contributed by atoms with Crippen molar-refractivity contribution < 1.29 is 19.5 Å². The van der Waals surface area contributed by atoms with Crippen LogP contribution in [0.4, 0.5) is 0 Å². The Hall–Kier alpha value is -0.817. The fraction of sp³-hybridized carbons (Fsp3) is 0.333. The van der Waals surface area contributed by atoms with Crippen LogP contribution in [0.25, 0.3) is 0 Å². The van der Waals surface area contributed by atoms with Gasteiger partial charge in [0.2, 0.25) is 0 Å². The first-order valence-electron chi connectivity index (χ1n) is 4.65. The zero-order chi connectivity index (χ0) is 10.6. The molecule has 0 saturated carbocycles. The summed E-state index contributed by atoms with van der Waals surface area (Å²) >= 11 is 0. The second-order valence-electron chi connectivity index (χ2n) is 3.44. The topological polar surface area (TPSA) is 31.6 Å². The van der Waals surface area contributed by atoms with Gasteiger partial charge in [0.1, 0.15) is 0 Å². The molecule has 15 heavy (non-hydrogen) atoms. The number of hydrogen-bond acceptors (Lipinski definition) is 0. The second-order valence-corrected chi connectivity index (χ2v) is 3.44. The van der Waals surface area contributed by atoms with E-state index in [9.17, 15) is 0 Å². The summed E-state index contributed by atoms with van der Waals surface area (Å²) in [6.45, 7) is 8.02. The molecule has 3 heteroatoms. The minimum atomic E-state index is 0. The number of rotatable bonds is 0. The third-order valence-electron chi connectivity index (χ3n) is 1.78. The van der Waals surface area contributed by atoms with Crippen LogP contribution < -0.4 is 0 Å². The molecular formula is C12H16N2Ru. The summed E-state index contributed by atoms with van der Waals surface area (Å²) in [7, 11) is 0. The Morgan fingerprint density at radius 1 is 0.800 bits per heavy atom. The van der Waals surface area contributed by atoms with Crippen molar-refractivity contribution in [3.8, 4) is 0 Å². The summed E-state index contributed by atoms with van der Waals surface area (Å²) in [6.07, 6.45) is 0. The van der Waals surface area contributed by atoms with Gasteiger partial charge in [0.25, 0.3) is 0 Å². The summed E-state index contributed by atoms with van der Waals surface area (Å²) in [5.74, 6) is 0. The maximum atomic E-state index is 3.08. The minimum Gasteiger partial charge on any atom is -0.456 e. The van der Waals surface area contributed by atoms with Crippen LogP contribution in [0.1, 0.15) is 22.8 Å². The van der Waals surface area contributed by atoms with Crippen LogP contribution in [0.3, 0.4) is 0 Å². The molecule has 0 radical (unpaired) electrons. The number of aryl methyl sites for hydroxylation is 4. The summed E-state index contributed by atoms with van der Waals surface area (Å²) in [5, 5.41) is 0. The SMILES string of the molecule is Cc1[c-]cc(C)[nH]1.Cc1[c-]cc(C)[nH]1.[Ru+2]. The van der Waals surface area contributed by atoms with E-state index in [2.05, 4.69) is 22.1 Å². The molecule has 2 aromatic heterocycles. The molecule has 0 aliphatic rings. The van der Waals surface area contributed by atoms with Crippen molar-refractivity contribution in [2.75, 3.05) is 0 Å². The van der Waals surface area contributed by atoms with Crippen LogP contribution in [0, 0.1) is 39.8 Å². The molecule has 0 fully saturated rings. The first-order chi connectivity index (χ1) is 6.58. The van der Waals surface area contributed by atoms with E-state index >= 15 is 0 Å².